The highest BCUT2D eigenvalue weighted by molar-refractivity contribution is 5.99. The van der Waals surface area contributed by atoms with Gasteiger partial charge >= 0.3 is 0 Å². The molecule has 4 rings (SSSR count). The van der Waals surface area contributed by atoms with Gasteiger partial charge in [-0.25, -0.2) is 0 Å². The molecule has 1 aromatic heterocycles. The van der Waals surface area contributed by atoms with Crippen molar-refractivity contribution in [2.24, 2.45) is 5.92 Å². The van der Waals surface area contributed by atoms with E-state index in [4.69, 9.17) is 18.6 Å². The van der Waals surface area contributed by atoms with Crippen molar-refractivity contribution in [2.75, 3.05) is 34.0 Å². The first-order valence-electron chi connectivity index (χ1n) is 11.9. The molecule has 1 aliphatic rings. The highest BCUT2D eigenvalue weighted by Gasteiger charge is 2.42. The third-order valence-electron chi connectivity index (χ3n) is 6.24. The van der Waals surface area contributed by atoms with Crippen LogP contribution in [0, 0.1) is 19.8 Å². The fourth-order valence-electron chi connectivity index (χ4n) is 4.70. The van der Waals surface area contributed by atoms with Crippen molar-refractivity contribution >= 4 is 16.9 Å². The van der Waals surface area contributed by atoms with Gasteiger partial charge in [0.1, 0.15) is 5.58 Å². The van der Waals surface area contributed by atoms with Crippen LogP contribution in [0.3, 0.4) is 0 Å². The van der Waals surface area contributed by atoms with Crippen molar-refractivity contribution in [2.45, 2.75) is 40.2 Å². The molecule has 0 radical (unpaired) electrons. The van der Waals surface area contributed by atoms with Crippen LogP contribution < -0.4 is 14.9 Å². The molecule has 1 unspecified atom stereocenters. The van der Waals surface area contributed by atoms with E-state index in [1.807, 2.05) is 44.2 Å². The lowest BCUT2D eigenvalue weighted by molar-refractivity contribution is 0.0707. The molecule has 35 heavy (non-hydrogen) atoms. The van der Waals surface area contributed by atoms with Crippen molar-refractivity contribution in [3.63, 3.8) is 0 Å². The zero-order valence-electron chi connectivity index (χ0n) is 21.3. The van der Waals surface area contributed by atoms with Crippen LogP contribution in [-0.4, -0.2) is 44.8 Å². The number of hydrogen-bond acceptors (Lipinski definition) is 6. The fourth-order valence-corrected chi connectivity index (χ4v) is 4.70. The predicted octanol–water partition coefficient (Wildman–Crippen LogP) is 5.03. The van der Waals surface area contributed by atoms with Crippen molar-refractivity contribution in [3.8, 4) is 11.5 Å². The molecular weight excluding hydrogens is 446 g/mol. The van der Waals surface area contributed by atoms with E-state index in [9.17, 15) is 9.59 Å². The zero-order valence-corrected chi connectivity index (χ0v) is 21.3. The van der Waals surface area contributed by atoms with E-state index in [2.05, 4.69) is 13.8 Å². The summed E-state index contributed by atoms with van der Waals surface area (Å²) in [4.78, 5) is 29.1. The minimum absolute atomic E-state index is 0.106. The Labute approximate surface area is 205 Å². The minimum Gasteiger partial charge on any atom is -0.493 e. The van der Waals surface area contributed by atoms with Gasteiger partial charge in [0, 0.05) is 20.3 Å². The smallest absolute Gasteiger partial charge is 0.290 e. The van der Waals surface area contributed by atoms with Crippen LogP contribution >= 0.6 is 0 Å². The number of ether oxygens (including phenoxy) is 3. The second-order valence-corrected chi connectivity index (χ2v) is 9.49. The maximum absolute atomic E-state index is 13.8. The molecule has 3 aromatic rings. The average Bonchev–Trinajstić information content (AvgIpc) is 3.09. The van der Waals surface area contributed by atoms with Gasteiger partial charge in [0.05, 0.1) is 30.7 Å². The van der Waals surface area contributed by atoms with Crippen molar-refractivity contribution < 1.29 is 23.4 Å². The molecule has 0 N–H and O–H groups in total. The summed E-state index contributed by atoms with van der Waals surface area (Å²) in [5.41, 5.74) is 3.19. The summed E-state index contributed by atoms with van der Waals surface area (Å²) in [5, 5.41) is 0.509. The standard InChI is InChI=1S/C28H33NO6/c1-16(2)15-34-20-9-8-19(14-21(20)33-6)25-24-26(30)23-18(4)12-17(3)13-22(23)35-27(24)28(31)29(25)10-7-11-32-5/h8-9,12-14,16,25H,7,10-11,15H2,1-6H3. The maximum atomic E-state index is 13.8. The van der Waals surface area contributed by atoms with E-state index in [-0.39, 0.29) is 17.1 Å². The lowest BCUT2D eigenvalue weighted by Gasteiger charge is -2.26. The highest BCUT2D eigenvalue weighted by atomic mass is 16.5. The van der Waals surface area contributed by atoms with E-state index in [0.29, 0.717) is 60.1 Å². The molecule has 1 atom stereocenters. The van der Waals surface area contributed by atoms with Gasteiger partial charge in [-0.3, -0.25) is 9.59 Å². The number of amides is 1. The first kappa shape index (κ1) is 24.8. The van der Waals surface area contributed by atoms with Gasteiger partial charge in [-0.2, -0.15) is 0 Å². The summed E-state index contributed by atoms with van der Waals surface area (Å²) in [6, 6.07) is 8.74. The van der Waals surface area contributed by atoms with E-state index >= 15 is 0 Å². The Bertz CT molecular complexity index is 1310. The zero-order chi connectivity index (χ0) is 25.3. The summed E-state index contributed by atoms with van der Waals surface area (Å²) >= 11 is 0. The van der Waals surface area contributed by atoms with Crippen molar-refractivity contribution in [3.05, 3.63) is 68.6 Å². The highest BCUT2D eigenvalue weighted by Crippen LogP contribution is 2.41. The summed E-state index contributed by atoms with van der Waals surface area (Å²) in [5.74, 6) is 1.35. The van der Waals surface area contributed by atoms with E-state index in [1.165, 1.54) is 0 Å². The SMILES string of the molecule is COCCCN1C(=O)c2oc3cc(C)cc(C)c3c(=O)c2C1c1ccc(OCC(C)C)c(OC)c1. The Morgan fingerprint density at radius 1 is 1.06 bits per heavy atom. The van der Waals surface area contributed by atoms with Crippen LogP contribution in [0.2, 0.25) is 0 Å². The van der Waals surface area contributed by atoms with Crippen LogP contribution in [0.15, 0.2) is 39.5 Å². The van der Waals surface area contributed by atoms with Gasteiger partial charge in [0.2, 0.25) is 5.76 Å². The van der Waals surface area contributed by atoms with Crippen molar-refractivity contribution in [1.29, 1.82) is 0 Å². The number of nitrogens with zero attached hydrogens (tertiary/aromatic N) is 1. The van der Waals surface area contributed by atoms with Gasteiger partial charge in [-0.15, -0.1) is 0 Å². The van der Waals surface area contributed by atoms with Gasteiger partial charge in [0.25, 0.3) is 5.91 Å². The number of rotatable bonds is 9. The van der Waals surface area contributed by atoms with Crippen LogP contribution in [0.25, 0.3) is 11.0 Å². The number of methoxy groups -OCH3 is 2. The van der Waals surface area contributed by atoms with Gasteiger partial charge in [-0.05, 0) is 61.1 Å². The molecule has 0 bridgehead atoms. The summed E-state index contributed by atoms with van der Waals surface area (Å²) < 4.78 is 22.8. The third kappa shape index (κ3) is 4.65. The average molecular weight is 480 g/mol. The van der Waals surface area contributed by atoms with Crippen LogP contribution in [-0.2, 0) is 4.74 Å². The molecule has 0 saturated heterocycles. The van der Waals surface area contributed by atoms with Gasteiger partial charge in [0.15, 0.2) is 16.9 Å². The number of fused-ring (bicyclic) bond motifs is 2. The molecule has 2 heterocycles. The van der Waals surface area contributed by atoms with Gasteiger partial charge < -0.3 is 23.5 Å². The molecule has 1 amide bonds. The normalized spacial score (nSPS) is 15.2. The molecule has 1 aliphatic heterocycles. The van der Waals surface area contributed by atoms with Crippen LogP contribution in [0.1, 0.15) is 59.1 Å². The molecule has 7 nitrogen and oxygen atoms in total. The lowest BCUT2D eigenvalue weighted by Crippen LogP contribution is -2.31. The first-order chi connectivity index (χ1) is 16.8. The largest absolute Gasteiger partial charge is 0.493 e. The van der Waals surface area contributed by atoms with E-state index < -0.39 is 6.04 Å². The number of hydrogen-bond donors (Lipinski definition) is 0. The topological polar surface area (TPSA) is 78.2 Å². The Kier molecular flexibility index (Phi) is 7.17. The predicted molar refractivity (Wildman–Crippen MR) is 135 cm³/mol. The monoisotopic (exact) mass is 479 g/mol. The second-order valence-electron chi connectivity index (χ2n) is 9.49. The summed E-state index contributed by atoms with van der Waals surface area (Å²) in [6.07, 6.45) is 0.630. The lowest BCUT2D eigenvalue weighted by atomic mass is 9.96. The molecular formula is C28H33NO6. The van der Waals surface area contributed by atoms with Crippen LogP contribution in [0.5, 0.6) is 11.5 Å². The quantitative estimate of drug-likeness (QED) is 0.401. The Balaban J connectivity index is 1.88. The van der Waals surface area contributed by atoms with Crippen molar-refractivity contribution in [1.82, 2.24) is 4.90 Å². The maximum Gasteiger partial charge on any atom is 0.290 e. The molecule has 0 spiro atoms. The first-order valence-corrected chi connectivity index (χ1v) is 11.9. The molecule has 0 saturated carbocycles. The minimum atomic E-state index is -0.594. The molecule has 186 valence electrons. The molecule has 0 aliphatic carbocycles. The number of carbonyl (C=O) groups excluding carboxylic acids is 1. The second kappa shape index (κ2) is 10.1. The third-order valence-corrected chi connectivity index (χ3v) is 6.24. The Morgan fingerprint density at radius 2 is 1.83 bits per heavy atom. The number of aryl methyl sites for hydroxylation is 2. The Hall–Kier alpha value is -3.32. The summed E-state index contributed by atoms with van der Waals surface area (Å²) in [6.45, 7) is 9.46. The summed E-state index contributed by atoms with van der Waals surface area (Å²) in [7, 11) is 3.21. The number of carbonyl (C=O) groups is 1. The van der Waals surface area contributed by atoms with Gasteiger partial charge in [-0.1, -0.05) is 26.0 Å². The number of benzene rings is 2. The van der Waals surface area contributed by atoms with Crippen LogP contribution in [0.4, 0.5) is 0 Å². The Morgan fingerprint density at radius 3 is 2.51 bits per heavy atom. The molecule has 2 aromatic carbocycles. The van der Waals surface area contributed by atoms with E-state index in [0.717, 1.165) is 16.7 Å². The molecule has 7 heteroatoms. The van der Waals surface area contributed by atoms with E-state index in [1.54, 1.807) is 19.1 Å². The fraction of sp³-hybridized carbons (Fsp3) is 0.429. The molecule has 0 fully saturated rings.